The fourth-order valence-corrected chi connectivity index (χ4v) is 3.06. The second kappa shape index (κ2) is 6.00. The van der Waals surface area contributed by atoms with Crippen molar-refractivity contribution < 1.29 is 17.9 Å². The molecular weight excluding hydrogens is 296 g/mol. The van der Waals surface area contributed by atoms with Crippen molar-refractivity contribution in [3.63, 3.8) is 0 Å². The molecule has 0 fully saturated rings. The summed E-state index contributed by atoms with van der Waals surface area (Å²) in [7, 11) is -2.10. The van der Waals surface area contributed by atoms with Crippen molar-refractivity contribution in [1.29, 1.82) is 0 Å². The molecule has 7 nitrogen and oxygen atoms in total. The SMILES string of the molecule is CC(O)CCCNS(=O)(=O)c1ccc2c(c1)oc(=O)n2C. The van der Waals surface area contributed by atoms with Gasteiger partial charge in [-0.1, -0.05) is 0 Å². The fraction of sp³-hybridized carbons (Fsp3) is 0.462. The van der Waals surface area contributed by atoms with Crippen molar-refractivity contribution >= 4 is 21.1 Å². The van der Waals surface area contributed by atoms with E-state index in [1.54, 1.807) is 14.0 Å². The van der Waals surface area contributed by atoms with Gasteiger partial charge in [-0.05, 0) is 31.9 Å². The third kappa shape index (κ3) is 3.52. The summed E-state index contributed by atoms with van der Waals surface area (Å²) in [6, 6.07) is 4.28. The number of nitrogens with one attached hydrogen (secondary N) is 1. The maximum Gasteiger partial charge on any atom is 0.419 e. The zero-order chi connectivity index (χ0) is 15.6. The van der Waals surface area contributed by atoms with Crippen molar-refractivity contribution in [3.05, 3.63) is 28.7 Å². The molecule has 2 N–H and O–H groups in total. The second-order valence-corrected chi connectivity index (χ2v) is 6.71. The molecule has 0 aliphatic rings. The highest BCUT2D eigenvalue weighted by Crippen LogP contribution is 2.17. The number of hydrogen-bond acceptors (Lipinski definition) is 5. The molecule has 1 atom stereocenters. The lowest BCUT2D eigenvalue weighted by Crippen LogP contribution is -2.25. The van der Waals surface area contributed by atoms with E-state index in [0.29, 0.717) is 18.4 Å². The van der Waals surface area contributed by atoms with Crippen LogP contribution in [0.15, 0.2) is 32.3 Å². The van der Waals surface area contributed by atoms with Gasteiger partial charge >= 0.3 is 5.76 Å². The summed E-state index contributed by atoms with van der Waals surface area (Å²) in [4.78, 5) is 11.4. The summed E-state index contributed by atoms with van der Waals surface area (Å²) in [6.07, 6.45) is 0.610. The van der Waals surface area contributed by atoms with Crippen LogP contribution in [0.25, 0.3) is 11.1 Å². The van der Waals surface area contributed by atoms with E-state index in [1.165, 1.54) is 22.8 Å². The van der Waals surface area contributed by atoms with Gasteiger partial charge in [-0.2, -0.15) is 0 Å². The predicted octanol–water partition coefficient (Wildman–Crippen LogP) is 0.571. The van der Waals surface area contributed by atoms with Crippen molar-refractivity contribution in [2.45, 2.75) is 30.8 Å². The molecule has 0 bridgehead atoms. The molecule has 116 valence electrons. The van der Waals surface area contributed by atoms with Crippen molar-refractivity contribution in [2.75, 3.05) is 6.54 Å². The Hall–Kier alpha value is -1.64. The van der Waals surface area contributed by atoms with Crippen LogP contribution in [0, 0.1) is 0 Å². The fourth-order valence-electron chi connectivity index (χ4n) is 1.97. The zero-order valence-corrected chi connectivity index (χ0v) is 12.7. The lowest BCUT2D eigenvalue weighted by atomic mass is 10.2. The Morgan fingerprint density at radius 2 is 2.14 bits per heavy atom. The number of aliphatic hydroxyl groups is 1. The average Bonchev–Trinajstić information content (AvgIpc) is 2.70. The second-order valence-electron chi connectivity index (χ2n) is 4.95. The molecule has 0 amide bonds. The van der Waals surface area contributed by atoms with Crippen LogP contribution in [-0.4, -0.2) is 30.7 Å². The van der Waals surface area contributed by atoms with Crippen molar-refractivity contribution in [2.24, 2.45) is 7.05 Å². The summed E-state index contributed by atoms with van der Waals surface area (Å²) >= 11 is 0. The molecule has 2 rings (SSSR count). The summed E-state index contributed by atoms with van der Waals surface area (Å²) in [5.74, 6) is -0.538. The number of aryl methyl sites for hydroxylation is 1. The Kier molecular flexibility index (Phi) is 4.50. The zero-order valence-electron chi connectivity index (χ0n) is 11.9. The first-order valence-corrected chi connectivity index (χ1v) is 8.07. The number of sulfonamides is 1. The van der Waals surface area contributed by atoms with Crippen LogP contribution in [0.1, 0.15) is 19.8 Å². The van der Waals surface area contributed by atoms with E-state index in [4.69, 9.17) is 9.52 Å². The van der Waals surface area contributed by atoms with E-state index in [0.717, 1.165) is 0 Å². The molecule has 0 aliphatic heterocycles. The molecule has 1 heterocycles. The number of benzene rings is 1. The monoisotopic (exact) mass is 314 g/mol. The van der Waals surface area contributed by atoms with Crippen LogP contribution in [-0.2, 0) is 17.1 Å². The van der Waals surface area contributed by atoms with Crippen molar-refractivity contribution in [1.82, 2.24) is 9.29 Å². The highest BCUT2D eigenvalue weighted by Gasteiger charge is 2.16. The molecule has 21 heavy (non-hydrogen) atoms. The van der Waals surface area contributed by atoms with Gasteiger partial charge in [-0.15, -0.1) is 0 Å². The van der Waals surface area contributed by atoms with Gasteiger partial charge < -0.3 is 9.52 Å². The topological polar surface area (TPSA) is 102 Å². The number of hydrogen-bond donors (Lipinski definition) is 2. The van der Waals surface area contributed by atoms with Gasteiger partial charge in [0.05, 0.1) is 16.5 Å². The van der Waals surface area contributed by atoms with Gasteiger partial charge in [0.1, 0.15) is 0 Å². The lowest BCUT2D eigenvalue weighted by Gasteiger charge is -2.07. The van der Waals surface area contributed by atoms with E-state index < -0.39 is 21.9 Å². The van der Waals surface area contributed by atoms with Crippen LogP contribution in [0.5, 0.6) is 0 Å². The third-order valence-corrected chi connectivity index (χ3v) is 4.62. The van der Waals surface area contributed by atoms with Crippen LogP contribution < -0.4 is 10.5 Å². The number of fused-ring (bicyclic) bond motifs is 1. The molecule has 0 spiro atoms. The number of aromatic nitrogens is 1. The first-order valence-electron chi connectivity index (χ1n) is 6.58. The molecule has 1 aromatic carbocycles. The quantitative estimate of drug-likeness (QED) is 0.759. The molecule has 0 saturated carbocycles. The summed E-state index contributed by atoms with van der Waals surface area (Å²) in [5.41, 5.74) is 0.766. The third-order valence-electron chi connectivity index (χ3n) is 3.16. The van der Waals surface area contributed by atoms with Gasteiger partial charge in [0, 0.05) is 19.7 Å². The number of rotatable bonds is 6. The van der Waals surface area contributed by atoms with Crippen molar-refractivity contribution in [3.8, 4) is 0 Å². The minimum Gasteiger partial charge on any atom is -0.408 e. The van der Waals surface area contributed by atoms with Gasteiger partial charge in [0.25, 0.3) is 0 Å². The van der Waals surface area contributed by atoms with E-state index >= 15 is 0 Å². The van der Waals surface area contributed by atoms with Gasteiger partial charge in [0.2, 0.25) is 10.0 Å². The Morgan fingerprint density at radius 3 is 2.81 bits per heavy atom. The summed E-state index contributed by atoms with van der Waals surface area (Å²) in [5, 5.41) is 9.12. The van der Waals surface area contributed by atoms with E-state index in [-0.39, 0.29) is 17.0 Å². The van der Waals surface area contributed by atoms with E-state index in [2.05, 4.69) is 4.72 Å². The first kappa shape index (κ1) is 15.7. The maximum absolute atomic E-state index is 12.1. The molecule has 0 aliphatic carbocycles. The smallest absolute Gasteiger partial charge is 0.408 e. The molecule has 8 heteroatoms. The standard InChI is InChI=1S/C13H18N2O5S/c1-9(16)4-3-7-14-21(18,19)10-5-6-11-12(8-10)20-13(17)15(11)2/h5-6,8-9,14,16H,3-4,7H2,1-2H3. The van der Waals surface area contributed by atoms with Crippen LogP contribution in [0.2, 0.25) is 0 Å². The van der Waals surface area contributed by atoms with Crippen LogP contribution in [0.3, 0.4) is 0 Å². The lowest BCUT2D eigenvalue weighted by molar-refractivity contribution is 0.182. The minimum atomic E-state index is -3.66. The molecule has 0 saturated heterocycles. The largest absolute Gasteiger partial charge is 0.419 e. The predicted molar refractivity (Wildman–Crippen MR) is 77.6 cm³/mol. The van der Waals surface area contributed by atoms with Gasteiger partial charge in [-0.25, -0.2) is 17.9 Å². The highest BCUT2D eigenvalue weighted by atomic mass is 32.2. The normalized spacial score (nSPS) is 13.7. The molecule has 1 aromatic heterocycles. The van der Waals surface area contributed by atoms with Crippen LogP contribution >= 0.6 is 0 Å². The number of aliphatic hydroxyl groups excluding tert-OH is 1. The summed E-state index contributed by atoms with van der Waals surface area (Å²) < 4.78 is 33.0. The Morgan fingerprint density at radius 1 is 1.43 bits per heavy atom. The maximum atomic E-state index is 12.1. The summed E-state index contributed by atoms with van der Waals surface area (Å²) in [6.45, 7) is 1.89. The van der Waals surface area contributed by atoms with Crippen LogP contribution in [0.4, 0.5) is 0 Å². The highest BCUT2D eigenvalue weighted by molar-refractivity contribution is 7.89. The van der Waals surface area contributed by atoms with E-state index in [9.17, 15) is 13.2 Å². The van der Waals surface area contributed by atoms with Gasteiger partial charge in [0.15, 0.2) is 5.58 Å². The molecule has 2 aromatic rings. The average molecular weight is 314 g/mol. The van der Waals surface area contributed by atoms with E-state index in [1.807, 2.05) is 0 Å². The molecule has 0 radical (unpaired) electrons. The number of oxazole rings is 1. The Bertz CT molecular complexity index is 788. The number of nitrogens with zero attached hydrogens (tertiary/aromatic N) is 1. The minimum absolute atomic E-state index is 0.0430. The van der Waals surface area contributed by atoms with Gasteiger partial charge in [-0.3, -0.25) is 4.57 Å². The Balaban J connectivity index is 2.18. The molecular formula is C13H18N2O5S. The first-order chi connectivity index (χ1) is 9.81. The molecule has 1 unspecified atom stereocenters. The Labute approximate surface area is 122 Å².